The molecule has 3 aromatic carbocycles. The number of ether oxygens (including phenoxy) is 2. The number of fused-ring (bicyclic) bond motifs is 3. The van der Waals surface area contributed by atoms with Gasteiger partial charge in [-0.2, -0.15) is 16.8 Å². The first-order valence-electron chi connectivity index (χ1n) is 9.87. The number of rotatable bonds is 6. The molecule has 2 heterocycles. The lowest BCUT2D eigenvalue weighted by Gasteiger charge is -2.16. The number of benzene rings is 3. The van der Waals surface area contributed by atoms with Crippen molar-refractivity contribution in [2.75, 3.05) is 0 Å². The molecule has 0 spiro atoms. The van der Waals surface area contributed by atoms with Crippen LogP contribution in [0.25, 0.3) is 0 Å². The molecule has 3 aromatic rings. The summed E-state index contributed by atoms with van der Waals surface area (Å²) in [6, 6.07) is 16.1. The van der Waals surface area contributed by atoms with Gasteiger partial charge in [-0.25, -0.2) is 0 Å². The average molecular weight is 614 g/mol. The van der Waals surface area contributed by atoms with E-state index in [1.54, 1.807) is 24.3 Å². The first-order chi connectivity index (χ1) is 16.2. The molecule has 0 radical (unpaired) electrons. The summed E-state index contributed by atoms with van der Waals surface area (Å²) in [5.41, 5.74) is 0.296. The van der Waals surface area contributed by atoms with Crippen LogP contribution in [-0.2, 0) is 29.8 Å². The second kappa shape index (κ2) is 8.43. The van der Waals surface area contributed by atoms with E-state index in [0.717, 1.165) is 0 Å². The summed E-state index contributed by atoms with van der Waals surface area (Å²) in [5, 5.41) is 0. The molecular formula is C22H15IO9S2. The number of hydrogen-bond acceptors (Lipinski definition) is 9. The molecule has 2 aliphatic rings. The van der Waals surface area contributed by atoms with Crippen LogP contribution in [0.4, 0.5) is 0 Å². The van der Waals surface area contributed by atoms with Crippen molar-refractivity contribution >= 4 is 48.8 Å². The monoisotopic (exact) mass is 614 g/mol. The highest BCUT2D eigenvalue weighted by Crippen LogP contribution is 2.54. The van der Waals surface area contributed by atoms with Gasteiger partial charge < -0.3 is 17.8 Å². The largest absolute Gasteiger partial charge is 0.452 e. The van der Waals surface area contributed by atoms with Gasteiger partial charge in [-0.3, -0.25) is 4.79 Å². The van der Waals surface area contributed by atoms with Crippen molar-refractivity contribution in [3.63, 3.8) is 0 Å². The zero-order valence-corrected chi connectivity index (χ0v) is 20.9. The molecule has 0 amide bonds. The van der Waals surface area contributed by atoms with Gasteiger partial charge in [-0.1, -0.05) is 36.4 Å². The van der Waals surface area contributed by atoms with Crippen LogP contribution in [0.15, 0.2) is 76.5 Å². The van der Waals surface area contributed by atoms with E-state index in [1.165, 1.54) is 42.5 Å². The van der Waals surface area contributed by atoms with Gasteiger partial charge in [0.05, 0.1) is 21.5 Å². The molecule has 2 unspecified atom stereocenters. The Morgan fingerprint density at radius 1 is 0.794 bits per heavy atom. The summed E-state index contributed by atoms with van der Waals surface area (Å²) < 4.78 is 73.5. The molecule has 2 aliphatic heterocycles. The first-order valence-corrected chi connectivity index (χ1v) is 13.8. The van der Waals surface area contributed by atoms with Crippen LogP contribution in [0.5, 0.6) is 17.2 Å². The molecule has 2 atom stereocenters. The van der Waals surface area contributed by atoms with Gasteiger partial charge in [0.2, 0.25) is 0 Å². The third kappa shape index (κ3) is 4.09. The highest BCUT2D eigenvalue weighted by molar-refractivity contribution is 14.1. The second-order valence-corrected chi connectivity index (χ2v) is 11.6. The van der Waals surface area contributed by atoms with Gasteiger partial charge in [0.25, 0.3) is 6.29 Å². The fourth-order valence-electron chi connectivity index (χ4n) is 3.70. The predicted octanol–water partition coefficient (Wildman–Crippen LogP) is 3.58. The van der Waals surface area contributed by atoms with E-state index in [0.29, 0.717) is 5.56 Å². The molecule has 12 heteroatoms. The molecule has 0 saturated carbocycles. The van der Waals surface area contributed by atoms with Crippen LogP contribution in [0, 0.1) is 3.57 Å². The third-order valence-electron chi connectivity index (χ3n) is 5.22. The normalized spacial score (nSPS) is 19.0. The number of halogens is 1. The van der Waals surface area contributed by atoms with Crippen LogP contribution in [0.1, 0.15) is 17.9 Å². The molecule has 0 N–H and O–H groups in total. The Morgan fingerprint density at radius 2 is 1.32 bits per heavy atom. The number of hydrogen-bond donors (Lipinski definition) is 0. The van der Waals surface area contributed by atoms with E-state index >= 15 is 0 Å². The Bertz CT molecular complexity index is 1490. The van der Waals surface area contributed by atoms with E-state index in [-0.39, 0.29) is 37.0 Å². The lowest BCUT2D eigenvalue weighted by Crippen LogP contribution is -2.15. The van der Waals surface area contributed by atoms with Crippen molar-refractivity contribution in [2.45, 2.75) is 28.4 Å². The van der Waals surface area contributed by atoms with Crippen molar-refractivity contribution in [3.05, 3.63) is 75.9 Å². The second-order valence-electron chi connectivity index (χ2n) is 7.42. The van der Waals surface area contributed by atoms with Crippen LogP contribution >= 0.6 is 22.6 Å². The maximum Gasteiger partial charge on any atom is 0.339 e. The standard InChI is InChI=1S/C22H15IO9S2/c23-20-17(32-34(27,28)14-9-5-2-6-10-14)12-16(31-33(25,26)13-7-3-1-4-8-13)19-15-11-18(24)29-22(15)30-21(19)20/h1-10,12,15,22H,11H2. The summed E-state index contributed by atoms with van der Waals surface area (Å²) in [4.78, 5) is 11.6. The van der Waals surface area contributed by atoms with Crippen LogP contribution in [-0.4, -0.2) is 29.1 Å². The van der Waals surface area contributed by atoms with E-state index in [2.05, 4.69) is 0 Å². The molecular weight excluding hydrogens is 599 g/mol. The number of esters is 1. The zero-order valence-electron chi connectivity index (χ0n) is 17.1. The predicted molar refractivity (Wildman–Crippen MR) is 126 cm³/mol. The summed E-state index contributed by atoms with van der Waals surface area (Å²) >= 11 is 1.84. The van der Waals surface area contributed by atoms with E-state index in [1.807, 2.05) is 22.6 Å². The summed E-state index contributed by atoms with van der Waals surface area (Å²) in [6.07, 6.45) is -1.02. The first kappa shape index (κ1) is 22.9. The minimum Gasteiger partial charge on any atom is -0.452 e. The topological polar surface area (TPSA) is 122 Å². The van der Waals surface area contributed by atoms with Gasteiger partial charge in [-0.15, -0.1) is 0 Å². The SMILES string of the molecule is O=C1CC2c3c(OS(=O)(=O)c4ccccc4)cc(OS(=O)(=O)c4ccccc4)c(I)c3OC2O1. The fourth-order valence-corrected chi connectivity index (χ4v) is 6.45. The summed E-state index contributed by atoms with van der Waals surface area (Å²) in [5.74, 6) is -1.37. The van der Waals surface area contributed by atoms with Crippen molar-refractivity contribution < 1.29 is 39.5 Å². The van der Waals surface area contributed by atoms with E-state index < -0.39 is 38.4 Å². The molecule has 34 heavy (non-hydrogen) atoms. The highest BCUT2D eigenvalue weighted by atomic mass is 127. The maximum absolute atomic E-state index is 12.9. The molecule has 0 aromatic heterocycles. The van der Waals surface area contributed by atoms with Crippen molar-refractivity contribution in [1.82, 2.24) is 0 Å². The minimum atomic E-state index is -4.29. The molecule has 1 fully saturated rings. The Hall–Kier alpha value is -2.84. The number of carbonyl (C=O) groups is 1. The molecule has 1 saturated heterocycles. The van der Waals surface area contributed by atoms with Gasteiger partial charge in [-0.05, 0) is 46.9 Å². The molecule has 176 valence electrons. The van der Waals surface area contributed by atoms with Crippen LogP contribution in [0.2, 0.25) is 0 Å². The molecule has 0 bridgehead atoms. The molecule has 9 nitrogen and oxygen atoms in total. The van der Waals surface area contributed by atoms with Gasteiger partial charge in [0, 0.05) is 6.07 Å². The minimum absolute atomic E-state index is 0.0436. The lowest BCUT2D eigenvalue weighted by atomic mass is 9.97. The van der Waals surface area contributed by atoms with Crippen LogP contribution in [0.3, 0.4) is 0 Å². The Kier molecular flexibility index (Phi) is 5.68. The van der Waals surface area contributed by atoms with Crippen molar-refractivity contribution in [2.24, 2.45) is 0 Å². The third-order valence-corrected chi connectivity index (χ3v) is 8.74. The Balaban J connectivity index is 1.62. The number of carbonyl (C=O) groups excluding carboxylic acids is 1. The maximum atomic E-state index is 12.9. The fraction of sp³-hybridized carbons (Fsp3) is 0.136. The van der Waals surface area contributed by atoms with Gasteiger partial charge in [0.1, 0.15) is 15.5 Å². The van der Waals surface area contributed by atoms with Gasteiger partial charge in [0.15, 0.2) is 11.5 Å². The average Bonchev–Trinajstić information content (AvgIpc) is 3.34. The Morgan fingerprint density at radius 3 is 1.88 bits per heavy atom. The van der Waals surface area contributed by atoms with E-state index in [9.17, 15) is 21.6 Å². The molecule has 5 rings (SSSR count). The highest BCUT2D eigenvalue weighted by Gasteiger charge is 2.48. The Labute approximate surface area is 209 Å². The van der Waals surface area contributed by atoms with Gasteiger partial charge >= 0.3 is 26.2 Å². The van der Waals surface area contributed by atoms with Crippen LogP contribution < -0.4 is 13.1 Å². The van der Waals surface area contributed by atoms with E-state index in [4.69, 9.17) is 17.8 Å². The molecule has 0 aliphatic carbocycles. The lowest BCUT2D eigenvalue weighted by molar-refractivity contribution is -0.150. The summed E-state index contributed by atoms with van der Waals surface area (Å²) in [6.45, 7) is 0. The summed E-state index contributed by atoms with van der Waals surface area (Å²) in [7, 11) is -8.54. The van der Waals surface area contributed by atoms with Crippen molar-refractivity contribution in [1.29, 1.82) is 0 Å². The van der Waals surface area contributed by atoms with Crippen molar-refractivity contribution in [3.8, 4) is 17.2 Å². The zero-order chi connectivity index (χ0) is 24.1. The smallest absolute Gasteiger partial charge is 0.339 e. The quantitative estimate of drug-likeness (QED) is 0.233.